The van der Waals surface area contributed by atoms with Gasteiger partial charge >= 0.3 is 5.97 Å². The van der Waals surface area contributed by atoms with Crippen molar-refractivity contribution < 1.29 is 13.9 Å². The van der Waals surface area contributed by atoms with Gasteiger partial charge in [-0.1, -0.05) is 24.3 Å². The van der Waals surface area contributed by atoms with Crippen LogP contribution >= 0.6 is 0 Å². The zero-order valence-electron chi connectivity index (χ0n) is 13.7. The van der Waals surface area contributed by atoms with Crippen LogP contribution < -0.4 is 5.73 Å². The second-order valence-electron chi connectivity index (χ2n) is 5.62. The fourth-order valence-corrected chi connectivity index (χ4v) is 2.65. The van der Waals surface area contributed by atoms with E-state index in [0.717, 1.165) is 22.3 Å². The van der Waals surface area contributed by atoms with Crippen LogP contribution in [0.2, 0.25) is 0 Å². The van der Waals surface area contributed by atoms with Crippen LogP contribution in [-0.2, 0) is 9.53 Å². The average Bonchev–Trinajstić information content (AvgIpc) is 2.48. The van der Waals surface area contributed by atoms with Crippen molar-refractivity contribution in [3.63, 3.8) is 0 Å². The highest BCUT2D eigenvalue weighted by molar-refractivity contribution is 5.73. The first-order chi connectivity index (χ1) is 10.9. The fourth-order valence-electron chi connectivity index (χ4n) is 2.65. The van der Waals surface area contributed by atoms with Gasteiger partial charge in [0.05, 0.1) is 13.0 Å². The van der Waals surface area contributed by atoms with Gasteiger partial charge in [-0.25, -0.2) is 4.39 Å². The molecule has 1 atom stereocenters. The number of esters is 1. The highest BCUT2D eigenvalue weighted by Gasteiger charge is 2.19. The van der Waals surface area contributed by atoms with Crippen molar-refractivity contribution in [1.82, 2.24) is 0 Å². The molecule has 0 radical (unpaired) electrons. The molecule has 0 aromatic heterocycles. The third-order valence-electron chi connectivity index (χ3n) is 3.87. The summed E-state index contributed by atoms with van der Waals surface area (Å²) in [6.07, 6.45) is -0.0406. The molecule has 0 aliphatic carbocycles. The highest BCUT2D eigenvalue weighted by Crippen LogP contribution is 2.31. The molecule has 23 heavy (non-hydrogen) atoms. The second kappa shape index (κ2) is 7.38. The molecule has 0 saturated carbocycles. The lowest BCUT2D eigenvalue weighted by Gasteiger charge is -2.17. The summed E-state index contributed by atoms with van der Waals surface area (Å²) in [5, 5.41) is 0. The topological polar surface area (TPSA) is 52.3 Å². The van der Waals surface area contributed by atoms with Crippen LogP contribution in [0.5, 0.6) is 0 Å². The van der Waals surface area contributed by atoms with Crippen molar-refractivity contribution in [1.29, 1.82) is 0 Å². The molecular formula is C19H22FNO2. The van der Waals surface area contributed by atoms with Gasteiger partial charge in [0.15, 0.2) is 0 Å². The Bertz CT molecular complexity index is 713. The SMILES string of the molecule is CCOC(=O)CC(N)c1cc(-c2ccccc2C)c(C)cc1F. The maximum absolute atomic E-state index is 14.3. The van der Waals surface area contributed by atoms with Gasteiger partial charge in [-0.3, -0.25) is 4.79 Å². The molecule has 0 spiro atoms. The van der Waals surface area contributed by atoms with E-state index in [0.29, 0.717) is 5.56 Å². The standard InChI is InChI=1S/C19H22FNO2/c1-4-23-19(22)11-18(21)16-10-15(13(3)9-17(16)20)14-8-6-5-7-12(14)2/h5-10,18H,4,11,21H2,1-3H3. The van der Waals surface area contributed by atoms with Crippen LogP contribution in [0.25, 0.3) is 11.1 Å². The third-order valence-corrected chi connectivity index (χ3v) is 3.87. The van der Waals surface area contributed by atoms with E-state index in [1.54, 1.807) is 13.0 Å². The Balaban J connectivity index is 2.40. The number of carbonyl (C=O) groups excluding carboxylic acids is 1. The minimum atomic E-state index is -0.725. The number of hydrogen-bond acceptors (Lipinski definition) is 3. The Labute approximate surface area is 136 Å². The molecule has 2 N–H and O–H groups in total. The Kier molecular flexibility index (Phi) is 5.50. The quantitative estimate of drug-likeness (QED) is 0.846. The van der Waals surface area contributed by atoms with Crippen molar-refractivity contribution in [2.75, 3.05) is 6.61 Å². The van der Waals surface area contributed by atoms with Gasteiger partial charge in [-0.05, 0) is 55.2 Å². The second-order valence-corrected chi connectivity index (χ2v) is 5.62. The van der Waals surface area contributed by atoms with Crippen LogP contribution in [0.15, 0.2) is 36.4 Å². The van der Waals surface area contributed by atoms with Gasteiger partial charge in [0.2, 0.25) is 0 Å². The zero-order chi connectivity index (χ0) is 17.0. The molecule has 3 nitrogen and oxygen atoms in total. The van der Waals surface area contributed by atoms with Gasteiger partial charge in [0.1, 0.15) is 5.82 Å². The summed E-state index contributed by atoms with van der Waals surface area (Å²) >= 11 is 0. The number of aryl methyl sites for hydroxylation is 2. The molecule has 0 aliphatic heterocycles. The Hall–Kier alpha value is -2.20. The molecule has 0 amide bonds. The first-order valence-corrected chi connectivity index (χ1v) is 7.71. The summed E-state index contributed by atoms with van der Waals surface area (Å²) in [7, 11) is 0. The first-order valence-electron chi connectivity index (χ1n) is 7.71. The molecule has 2 rings (SSSR count). The van der Waals surface area contributed by atoms with Crippen LogP contribution in [0.1, 0.15) is 36.1 Å². The maximum Gasteiger partial charge on any atom is 0.307 e. The van der Waals surface area contributed by atoms with E-state index in [2.05, 4.69) is 0 Å². The smallest absolute Gasteiger partial charge is 0.307 e. The Morgan fingerprint density at radius 3 is 2.52 bits per heavy atom. The zero-order valence-corrected chi connectivity index (χ0v) is 13.7. The highest BCUT2D eigenvalue weighted by atomic mass is 19.1. The number of rotatable bonds is 5. The predicted molar refractivity (Wildman–Crippen MR) is 89.5 cm³/mol. The van der Waals surface area contributed by atoms with Crippen LogP contribution in [-0.4, -0.2) is 12.6 Å². The minimum Gasteiger partial charge on any atom is -0.466 e. The fraction of sp³-hybridized carbons (Fsp3) is 0.316. The monoisotopic (exact) mass is 315 g/mol. The molecule has 2 aromatic carbocycles. The van der Waals surface area contributed by atoms with E-state index in [-0.39, 0.29) is 13.0 Å². The summed E-state index contributed by atoms with van der Waals surface area (Å²) in [6, 6.07) is 10.4. The normalized spacial score (nSPS) is 12.0. The number of ether oxygens (including phenoxy) is 1. The average molecular weight is 315 g/mol. The minimum absolute atomic E-state index is 0.0406. The first kappa shape index (κ1) is 17.2. The summed E-state index contributed by atoms with van der Waals surface area (Å²) in [6.45, 7) is 5.89. The predicted octanol–water partition coefficient (Wildman–Crippen LogP) is 4.06. The number of benzene rings is 2. The molecule has 0 fully saturated rings. The Morgan fingerprint density at radius 2 is 1.87 bits per heavy atom. The van der Waals surface area contributed by atoms with E-state index in [1.807, 2.05) is 38.1 Å². The summed E-state index contributed by atoms with van der Waals surface area (Å²) in [4.78, 5) is 11.6. The van der Waals surface area contributed by atoms with Gasteiger partial charge in [0.25, 0.3) is 0 Å². The van der Waals surface area contributed by atoms with E-state index in [4.69, 9.17) is 10.5 Å². The van der Waals surface area contributed by atoms with Crippen molar-refractivity contribution in [3.8, 4) is 11.1 Å². The number of carbonyl (C=O) groups is 1. The molecule has 0 bridgehead atoms. The van der Waals surface area contributed by atoms with Crippen molar-refractivity contribution in [3.05, 3.63) is 58.9 Å². The van der Waals surface area contributed by atoms with Crippen molar-refractivity contribution >= 4 is 5.97 Å². The molecule has 122 valence electrons. The number of halogens is 1. The lowest BCUT2D eigenvalue weighted by atomic mass is 9.92. The van der Waals surface area contributed by atoms with E-state index in [9.17, 15) is 9.18 Å². The molecule has 0 saturated heterocycles. The van der Waals surface area contributed by atoms with Crippen LogP contribution in [0.3, 0.4) is 0 Å². The largest absolute Gasteiger partial charge is 0.466 e. The van der Waals surface area contributed by atoms with Crippen molar-refractivity contribution in [2.45, 2.75) is 33.2 Å². The number of nitrogens with two attached hydrogens (primary N) is 1. The molecular weight excluding hydrogens is 293 g/mol. The van der Waals surface area contributed by atoms with Crippen molar-refractivity contribution in [2.24, 2.45) is 5.73 Å². The molecule has 4 heteroatoms. The molecule has 2 aromatic rings. The van der Waals surface area contributed by atoms with Crippen LogP contribution in [0, 0.1) is 19.7 Å². The van der Waals surface area contributed by atoms with E-state index >= 15 is 0 Å². The lowest BCUT2D eigenvalue weighted by molar-refractivity contribution is -0.143. The summed E-state index contributed by atoms with van der Waals surface area (Å²) in [5.74, 6) is -0.811. The summed E-state index contributed by atoms with van der Waals surface area (Å²) < 4.78 is 19.2. The van der Waals surface area contributed by atoms with Crippen LogP contribution in [0.4, 0.5) is 4.39 Å². The van der Waals surface area contributed by atoms with Gasteiger partial charge in [-0.15, -0.1) is 0 Å². The van der Waals surface area contributed by atoms with E-state index in [1.165, 1.54) is 6.07 Å². The molecule has 0 heterocycles. The van der Waals surface area contributed by atoms with Gasteiger partial charge < -0.3 is 10.5 Å². The lowest BCUT2D eigenvalue weighted by Crippen LogP contribution is -2.18. The summed E-state index contributed by atoms with van der Waals surface area (Å²) in [5.41, 5.74) is 10.3. The third kappa shape index (κ3) is 3.96. The Morgan fingerprint density at radius 1 is 1.17 bits per heavy atom. The van der Waals surface area contributed by atoms with Gasteiger partial charge in [-0.2, -0.15) is 0 Å². The number of hydrogen-bond donors (Lipinski definition) is 1. The maximum atomic E-state index is 14.3. The molecule has 0 aliphatic rings. The molecule has 1 unspecified atom stereocenters. The van der Waals surface area contributed by atoms with E-state index < -0.39 is 17.8 Å². The van der Waals surface area contributed by atoms with Gasteiger partial charge in [0, 0.05) is 11.6 Å².